The summed E-state index contributed by atoms with van der Waals surface area (Å²) in [5, 5.41) is 34.3. The van der Waals surface area contributed by atoms with E-state index in [0.717, 1.165) is 5.56 Å². The highest BCUT2D eigenvalue weighted by atomic mass is 32.2. The normalized spacial score (nSPS) is 21.3. The molecular formula is C32H42N4O9S. The number of benzene rings is 2. The van der Waals surface area contributed by atoms with Gasteiger partial charge in [0, 0.05) is 30.2 Å². The van der Waals surface area contributed by atoms with Crippen LogP contribution in [0.3, 0.4) is 0 Å². The Labute approximate surface area is 268 Å². The maximum absolute atomic E-state index is 14.1. The minimum atomic E-state index is -4.16. The van der Waals surface area contributed by atoms with Crippen LogP contribution in [0.2, 0.25) is 0 Å². The molecule has 0 saturated carbocycles. The third-order valence-corrected chi connectivity index (χ3v) is 9.97. The fraction of sp³-hybridized carbons (Fsp3) is 0.500. The van der Waals surface area contributed by atoms with Gasteiger partial charge >= 0.3 is 6.09 Å². The fourth-order valence-corrected chi connectivity index (χ4v) is 7.52. The molecule has 5 rings (SSSR count). The lowest BCUT2D eigenvalue weighted by molar-refractivity contribution is -0.0907. The van der Waals surface area contributed by atoms with Crippen LogP contribution >= 0.6 is 0 Å². The molecular weight excluding hydrogens is 616 g/mol. The lowest BCUT2D eigenvalue weighted by Gasteiger charge is -2.31. The molecule has 0 bridgehead atoms. The smallest absolute Gasteiger partial charge is 0.407 e. The van der Waals surface area contributed by atoms with Gasteiger partial charge in [0.2, 0.25) is 10.0 Å². The molecule has 3 heterocycles. The van der Waals surface area contributed by atoms with Gasteiger partial charge in [-0.25, -0.2) is 13.2 Å². The van der Waals surface area contributed by atoms with E-state index in [1.165, 1.54) is 22.7 Å². The number of H-pyrrole nitrogens is 1. The van der Waals surface area contributed by atoms with Crippen LogP contribution in [0, 0.1) is 11.8 Å². The predicted octanol–water partition coefficient (Wildman–Crippen LogP) is 2.39. The molecule has 13 nitrogen and oxygen atoms in total. The van der Waals surface area contributed by atoms with E-state index in [9.17, 15) is 23.4 Å². The summed E-state index contributed by atoms with van der Waals surface area (Å²) in [5.41, 5.74) is 1.64. The standard InChI is InChI=1S/C32H42N4O9S/c1-20(2)17-36(46(41,42)22-8-9-26-24(15-22)25(30(39)34-26)16-33-11-12-37)18-28(38)27(14-21-6-4-3-5-7-21)35-32(40)45-29-19-44-31-23(29)10-13-43-31/h3-9,15-16,20,23,27-29,31,34,37-39H,10-14,17-19H2,1-2H3,(H,35,40). The average molecular weight is 659 g/mol. The molecule has 3 aromatic rings. The number of alkyl carbamates (subject to hydrolysis) is 1. The third-order valence-electron chi connectivity index (χ3n) is 8.15. The molecule has 14 heteroatoms. The third kappa shape index (κ3) is 7.88. The van der Waals surface area contributed by atoms with Gasteiger partial charge in [-0.15, -0.1) is 0 Å². The van der Waals surface area contributed by atoms with Crippen LogP contribution in [-0.4, -0.2) is 109 Å². The van der Waals surface area contributed by atoms with Gasteiger partial charge in [-0.1, -0.05) is 44.2 Å². The first kappa shape index (κ1) is 33.8. The number of nitrogens with one attached hydrogen (secondary N) is 2. The van der Waals surface area contributed by atoms with Gasteiger partial charge in [0.15, 0.2) is 12.2 Å². The first-order valence-corrected chi connectivity index (χ1v) is 16.9. The number of aliphatic imine (C=N–C) groups is 1. The Morgan fingerprint density at radius 1 is 1.20 bits per heavy atom. The molecule has 2 fully saturated rings. The number of carbonyl (C=O) groups excluding carboxylic acids is 1. The lowest BCUT2D eigenvalue weighted by atomic mass is 10.0. The molecule has 46 heavy (non-hydrogen) atoms. The Kier molecular flexibility index (Phi) is 11.0. The highest BCUT2D eigenvalue weighted by Crippen LogP contribution is 2.33. The van der Waals surface area contributed by atoms with Gasteiger partial charge < -0.3 is 39.8 Å². The largest absolute Gasteiger partial charge is 0.494 e. The number of hydrogen-bond acceptors (Lipinski definition) is 10. The van der Waals surface area contributed by atoms with Gasteiger partial charge in [0.1, 0.15) is 6.10 Å². The van der Waals surface area contributed by atoms with Crippen molar-refractivity contribution in [3.8, 4) is 5.88 Å². The zero-order valence-electron chi connectivity index (χ0n) is 25.9. The number of carbonyl (C=O) groups is 1. The molecule has 1 aromatic heterocycles. The number of fused-ring (bicyclic) bond motifs is 2. The van der Waals surface area contributed by atoms with Crippen molar-refractivity contribution in [2.24, 2.45) is 16.8 Å². The predicted molar refractivity (Wildman–Crippen MR) is 170 cm³/mol. The Balaban J connectivity index is 1.38. The number of aromatic nitrogens is 1. The minimum absolute atomic E-state index is 0.0368. The van der Waals surface area contributed by atoms with Gasteiger partial charge in [-0.2, -0.15) is 4.31 Å². The molecule has 2 aromatic carbocycles. The molecule has 5 N–H and O–H groups in total. The molecule has 0 radical (unpaired) electrons. The maximum Gasteiger partial charge on any atom is 0.407 e. The van der Waals surface area contributed by atoms with Crippen molar-refractivity contribution in [2.45, 2.75) is 56.1 Å². The second kappa shape index (κ2) is 14.9. The molecule has 5 atom stereocenters. The van der Waals surface area contributed by atoms with E-state index in [1.54, 1.807) is 6.07 Å². The van der Waals surface area contributed by atoms with E-state index in [-0.39, 0.29) is 61.9 Å². The Hall–Kier alpha value is -3.53. The summed E-state index contributed by atoms with van der Waals surface area (Å²) in [6.07, 6.45) is -0.581. The second-order valence-electron chi connectivity index (χ2n) is 12.0. The molecule has 250 valence electrons. The van der Waals surface area contributed by atoms with Crippen molar-refractivity contribution >= 4 is 33.2 Å². The number of ether oxygens (including phenoxy) is 3. The van der Waals surface area contributed by atoms with Crippen molar-refractivity contribution < 1.29 is 42.7 Å². The highest BCUT2D eigenvalue weighted by Gasteiger charge is 2.44. The van der Waals surface area contributed by atoms with Crippen molar-refractivity contribution in [3.05, 3.63) is 59.7 Å². The summed E-state index contributed by atoms with van der Waals surface area (Å²) >= 11 is 0. The van der Waals surface area contributed by atoms with Crippen LogP contribution in [0.25, 0.3) is 10.9 Å². The van der Waals surface area contributed by atoms with E-state index in [0.29, 0.717) is 29.5 Å². The number of rotatable bonds is 14. The minimum Gasteiger partial charge on any atom is -0.494 e. The van der Waals surface area contributed by atoms with Crippen molar-refractivity contribution in [1.29, 1.82) is 0 Å². The second-order valence-corrected chi connectivity index (χ2v) is 14.0. The summed E-state index contributed by atoms with van der Waals surface area (Å²) in [5.74, 6) is -0.323. The van der Waals surface area contributed by atoms with Crippen LogP contribution in [0.5, 0.6) is 5.88 Å². The number of aromatic hydroxyl groups is 1. The number of aliphatic hydroxyl groups is 2. The quantitative estimate of drug-likeness (QED) is 0.162. The number of aromatic amines is 1. The van der Waals surface area contributed by atoms with E-state index < -0.39 is 40.7 Å². The van der Waals surface area contributed by atoms with Gasteiger partial charge in [0.25, 0.3) is 0 Å². The van der Waals surface area contributed by atoms with E-state index in [4.69, 9.17) is 19.3 Å². The molecule has 2 saturated heterocycles. The van der Waals surface area contributed by atoms with Crippen molar-refractivity contribution in [2.75, 3.05) is 39.5 Å². The average Bonchev–Trinajstić information content (AvgIpc) is 3.72. The maximum atomic E-state index is 14.1. The number of amides is 1. The number of sulfonamides is 1. The highest BCUT2D eigenvalue weighted by molar-refractivity contribution is 7.89. The van der Waals surface area contributed by atoms with Crippen LogP contribution in [0.15, 0.2) is 58.4 Å². The van der Waals surface area contributed by atoms with Gasteiger partial charge in [-0.3, -0.25) is 4.99 Å². The molecule has 0 spiro atoms. The van der Waals surface area contributed by atoms with Gasteiger partial charge in [-0.05, 0) is 42.5 Å². The fourth-order valence-electron chi connectivity index (χ4n) is 5.87. The first-order valence-electron chi connectivity index (χ1n) is 15.4. The Bertz CT molecular complexity index is 1610. The number of aliphatic hydroxyl groups excluding tert-OH is 2. The van der Waals surface area contributed by atoms with Crippen molar-refractivity contribution in [1.82, 2.24) is 14.6 Å². The monoisotopic (exact) mass is 658 g/mol. The SMILES string of the molecule is CC(C)CN(CC(O)C(Cc1ccccc1)NC(=O)OC1COC2OCCC12)S(=O)(=O)c1ccc2[nH]c(O)c(C=NCCO)c2c1. The van der Waals surface area contributed by atoms with E-state index in [1.807, 2.05) is 44.2 Å². The van der Waals surface area contributed by atoms with Crippen LogP contribution in [-0.2, 0) is 30.7 Å². The topological polar surface area (TPSA) is 183 Å². The van der Waals surface area contributed by atoms with E-state index >= 15 is 0 Å². The van der Waals surface area contributed by atoms with Crippen molar-refractivity contribution in [3.63, 3.8) is 0 Å². The van der Waals surface area contributed by atoms with Crippen LogP contribution in [0.1, 0.15) is 31.4 Å². The van der Waals surface area contributed by atoms with Gasteiger partial charge in [0.05, 0.1) is 54.9 Å². The summed E-state index contributed by atoms with van der Waals surface area (Å²) in [6, 6.07) is 12.8. The van der Waals surface area contributed by atoms with Crippen LogP contribution < -0.4 is 5.32 Å². The van der Waals surface area contributed by atoms with Crippen LogP contribution in [0.4, 0.5) is 4.79 Å². The molecule has 0 aliphatic carbocycles. The first-order chi connectivity index (χ1) is 22.1. The number of hydrogen-bond donors (Lipinski definition) is 5. The summed E-state index contributed by atoms with van der Waals surface area (Å²) < 4.78 is 46.2. The Morgan fingerprint density at radius 3 is 2.72 bits per heavy atom. The molecule has 5 unspecified atom stereocenters. The number of nitrogens with zero attached hydrogens (tertiary/aromatic N) is 2. The summed E-state index contributed by atoms with van der Waals surface area (Å²) in [7, 11) is -4.16. The molecule has 2 aliphatic heterocycles. The summed E-state index contributed by atoms with van der Waals surface area (Å²) in [6.45, 7) is 4.25. The zero-order valence-corrected chi connectivity index (χ0v) is 26.7. The zero-order chi connectivity index (χ0) is 32.8. The summed E-state index contributed by atoms with van der Waals surface area (Å²) in [4.78, 5) is 19.9. The molecule has 1 amide bonds. The Morgan fingerprint density at radius 2 is 1.98 bits per heavy atom. The molecule has 2 aliphatic rings. The van der Waals surface area contributed by atoms with E-state index in [2.05, 4.69) is 15.3 Å². The lowest BCUT2D eigenvalue weighted by Crippen LogP contribution is -2.51.